The maximum atomic E-state index is 14.2. The fourth-order valence-corrected chi connectivity index (χ4v) is 6.51. The predicted octanol–water partition coefficient (Wildman–Crippen LogP) is 6.03. The molecule has 48 heavy (non-hydrogen) atoms. The maximum absolute atomic E-state index is 14.2. The Bertz CT molecular complexity index is 2120. The summed E-state index contributed by atoms with van der Waals surface area (Å²) in [6.45, 7) is 5.16. The summed E-state index contributed by atoms with van der Waals surface area (Å²) in [6, 6.07) is 22.8. The van der Waals surface area contributed by atoms with Crippen LogP contribution >= 0.6 is 0 Å². The molecule has 0 saturated heterocycles. The molecule has 1 N–H and O–H groups in total. The molecule has 6 rings (SSSR count). The van der Waals surface area contributed by atoms with Crippen molar-refractivity contribution in [3.05, 3.63) is 94.1 Å². The lowest BCUT2D eigenvalue weighted by Crippen LogP contribution is -2.52. The molecule has 0 spiro atoms. The van der Waals surface area contributed by atoms with Crippen molar-refractivity contribution >= 4 is 50.4 Å². The van der Waals surface area contributed by atoms with Crippen LogP contribution in [0.25, 0.3) is 32.6 Å². The number of hydrogen-bond donors (Lipinski definition) is 1. The van der Waals surface area contributed by atoms with Crippen molar-refractivity contribution in [2.45, 2.75) is 64.4 Å². The van der Waals surface area contributed by atoms with E-state index in [1.165, 1.54) is 14.0 Å². The molecule has 0 aliphatic carbocycles. The molecular weight excluding hydrogens is 612 g/mol. The van der Waals surface area contributed by atoms with Crippen molar-refractivity contribution in [1.29, 1.82) is 0 Å². The van der Waals surface area contributed by atoms with Gasteiger partial charge in [0.1, 0.15) is 17.1 Å². The molecular formula is C38H38N2O8. The lowest BCUT2D eigenvalue weighted by atomic mass is 9.86. The minimum atomic E-state index is -1.15. The Labute approximate surface area is 277 Å². The van der Waals surface area contributed by atoms with Gasteiger partial charge in [0.2, 0.25) is 11.3 Å². The van der Waals surface area contributed by atoms with Crippen LogP contribution in [0.2, 0.25) is 0 Å². The number of ether oxygens (including phenoxy) is 4. The van der Waals surface area contributed by atoms with E-state index in [1.54, 1.807) is 19.9 Å². The average molecular weight is 651 g/mol. The predicted molar refractivity (Wildman–Crippen MR) is 182 cm³/mol. The number of esters is 2. The highest BCUT2D eigenvalue weighted by Crippen LogP contribution is 2.49. The first-order chi connectivity index (χ1) is 23.0. The Balaban J connectivity index is 1.35. The minimum Gasteiger partial charge on any atom is -0.496 e. The fraction of sp³-hybridized carbons (Fsp3) is 0.316. The number of carbonyl (C=O) groups is 3. The molecule has 0 unspecified atom stereocenters. The Morgan fingerprint density at radius 2 is 1.62 bits per heavy atom. The topological polar surface area (TPSA) is 122 Å². The SMILES string of the molecule is COc1cc2c(c3c1c(=O)c1cc4ccccc4cc1n3C)[C@@H](OC(C)=O)[C@@H](OC(=O)CCCC(=O)NCc1ccccc1)C(C)(C)O2. The minimum absolute atomic E-state index is 0.0372. The molecule has 2 heterocycles. The maximum Gasteiger partial charge on any atom is 0.306 e. The van der Waals surface area contributed by atoms with Gasteiger partial charge in [-0.3, -0.25) is 19.2 Å². The lowest BCUT2D eigenvalue weighted by molar-refractivity contribution is -0.189. The second kappa shape index (κ2) is 13.0. The number of fused-ring (bicyclic) bond motifs is 5. The standard InChI is InChI=1S/C38H38N2O8/c1-22(41)46-36-33-29(48-38(2,3)37(36)47-31(43)17-11-16-30(42)39-21-23-12-7-6-8-13-23)20-28(45-5)32-34(33)40(4)27-19-25-15-10-9-14-24(25)18-26(27)35(32)44/h6-10,12-15,18-20,36-37H,11,16-17,21H2,1-5H3,(H,39,42)/t36-,37-/m1/s1. The Morgan fingerprint density at radius 3 is 2.31 bits per heavy atom. The van der Waals surface area contributed by atoms with Gasteiger partial charge in [0.15, 0.2) is 12.2 Å². The quantitative estimate of drug-likeness (QED) is 0.152. The van der Waals surface area contributed by atoms with E-state index < -0.39 is 29.7 Å². The highest BCUT2D eigenvalue weighted by atomic mass is 16.6. The summed E-state index contributed by atoms with van der Waals surface area (Å²) >= 11 is 0. The Hall–Kier alpha value is -5.38. The van der Waals surface area contributed by atoms with Crippen molar-refractivity contribution in [3.63, 3.8) is 0 Å². The van der Waals surface area contributed by atoms with Gasteiger partial charge >= 0.3 is 11.9 Å². The van der Waals surface area contributed by atoms with E-state index in [1.807, 2.05) is 78.3 Å². The molecule has 0 bridgehead atoms. The summed E-state index contributed by atoms with van der Waals surface area (Å²) in [7, 11) is 3.31. The number of nitrogens with zero attached hydrogens (tertiary/aromatic N) is 1. The fourth-order valence-electron chi connectivity index (χ4n) is 6.51. The van der Waals surface area contributed by atoms with Crippen LogP contribution in [0.4, 0.5) is 0 Å². The van der Waals surface area contributed by atoms with Crippen LogP contribution in [0.15, 0.2) is 77.6 Å². The molecule has 1 aromatic heterocycles. The van der Waals surface area contributed by atoms with Crippen LogP contribution in [-0.4, -0.2) is 41.2 Å². The molecule has 0 saturated carbocycles. The van der Waals surface area contributed by atoms with Crippen molar-refractivity contribution in [1.82, 2.24) is 9.88 Å². The van der Waals surface area contributed by atoms with Crippen LogP contribution in [0, 0.1) is 0 Å². The largest absolute Gasteiger partial charge is 0.496 e. The first-order valence-corrected chi connectivity index (χ1v) is 15.9. The molecule has 0 radical (unpaired) electrons. The van der Waals surface area contributed by atoms with Crippen LogP contribution in [0.3, 0.4) is 0 Å². The zero-order valence-electron chi connectivity index (χ0n) is 27.6. The number of aryl methyl sites for hydroxylation is 1. The van der Waals surface area contributed by atoms with Gasteiger partial charge in [-0.25, -0.2) is 0 Å². The van der Waals surface area contributed by atoms with Crippen LogP contribution in [0.5, 0.6) is 11.5 Å². The second-order valence-electron chi connectivity index (χ2n) is 12.6. The van der Waals surface area contributed by atoms with Gasteiger partial charge in [-0.2, -0.15) is 0 Å². The van der Waals surface area contributed by atoms with E-state index >= 15 is 0 Å². The molecule has 1 amide bonds. The van der Waals surface area contributed by atoms with Gasteiger partial charge in [0, 0.05) is 44.8 Å². The third kappa shape index (κ3) is 6.17. The van der Waals surface area contributed by atoms with E-state index in [9.17, 15) is 19.2 Å². The average Bonchev–Trinajstić information content (AvgIpc) is 3.06. The van der Waals surface area contributed by atoms with Crippen LogP contribution < -0.4 is 20.2 Å². The summed E-state index contributed by atoms with van der Waals surface area (Å²) < 4.78 is 26.0. The number of benzene rings is 4. The number of pyridine rings is 1. The van der Waals surface area contributed by atoms with Crippen molar-refractivity contribution in [3.8, 4) is 11.5 Å². The summed E-state index contributed by atoms with van der Waals surface area (Å²) in [5.41, 5.74) is 1.07. The second-order valence-corrected chi connectivity index (χ2v) is 12.6. The van der Waals surface area contributed by atoms with Crippen molar-refractivity contribution in [2.24, 2.45) is 7.05 Å². The summed E-state index contributed by atoms with van der Waals surface area (Å²) in [4.78, 5) is 52.5. The number of hydrogen-bond acceptors (Lipinski definition) is 8. The summed E-state index contributed by atoms with van der Waals surface area (Å²) in [5.74, 6) is -0.704. The molecule has 1 aliphatic rings. The van der Waals surface area contributed by atoms with Gasteiger partial charge in [-0.1, -0.05) is 54.6 Å². The van der Waals surface area contributed by atoms with E-state index in [-0.39, 0.29) is 36.0 Å². The summed E-state index contributed by atoms with van der Waals surface area (Å²) in [5, 5.41) is 5.51. The van der Waals surface area contributed by atoms with Gasteiger partial charge in [-0.05, 0) is 48.7 Å². The molecule has 0 fully saturated rings. The Morgan fingerprint density at radius 1 is 0.938 bits per heavy atom. The van der Waals surface area contributed by atoms with Gasteiger partial charge in [-0.15, -0.1) is 0 Å². The normalized spacial score (nSPS) is 16.6. The van der Waals surface area contributed by atoms with Crippen molar-refractivity contribution < 1.29 is 33.3 Å². The molecule has 5 aromatic rings. The molecule has 248 valence electrons. The molecule has 4 aromatic carbocycles. The van der Waals surface area contributed by atoms with Crippen molar-refractivity contribution in [2.75, 3.05) is 7.11 Å². The monoisotopic (exact) mass is 650 g/mol. The molecule has 2 atom stereocenters. The third-order valence-corrected chi connectivity index (χ3v) is 8.80. The Kier molecular flexibility index (Phi) is 8.83. The molecule has 1 aliphatic heterocycles. The number of amides is 1. The number of carbonyl (C=O) groups excluding carboxylic acids is 3. The van der Waals surface area contributed by atoms with Crippen LogP contribution in [-0.2, 0) is 37.4 Å². The molecule has 10 heteroatoms. The zero-order chi connectivity index (χ0) is 34.2. The smallest absolute Gasteiger partial charge is 0.306 e. The third-order valence-electron chi connectivity index (χ3n) is 8.80. The van der Waals surface area contributed by atoms with E-state index in [4.69, 9.17) is 18.9 Å². The first kappa shape index (κ1) is 32.6. The zero-order valence-corrected chi connectivity index (χ0v) is 27.6. The van der Waals surface area contributed by atoms with Gasteiger partial charge < -0.3 is 28.8 Å². The van der Waals surface area contributed by atoms with E-state index in [0.717, 1.165) is 16.3 Å². The molecule has 10 nitrogen and oxygen atoms in total. The number of methoxy groups -OCH3 is 1. The lowest BCUT2D eigenvalue weighted by Gasteiger charge is -2.43. The number of aromatic nitrogens is 1. The highest BCUT2D eigenvalue weighted by molar-refractivity contribution is 6.04. The number of nitrogens with one attached hydrogen (secondary N) is 1. The summed E-state index contributed by atoms with van der Waals surface area (Å²) in [6.07, 6.45) is -1.83. The highest BCUT2D eigenvalue weighted by Gasteiger charge is 2.50. The van der Waals surface area contributed by atoms with E-state index in [0.29, 0.717) is 40.0 Å². The first-order valence-electron chi connectivity index (χ1n) is 15.9. The van der Waals surface area contributed by atoms with E-state index in [2.05, 4.69) is 5.32 Å². The number of rotatable bonds is 9. The van der Waals surface area contributed by atoms with Gasteiger partial charge in [0.25, 0.3) is 0 Å². The van der Waals surface area contributed by atoms with Gasteiger partial charge in [0.05, 0.1) is 29.1 Å². The van der Waals surface area contributed by atoms with Crippen LogP contribution in [0.1, 0.15) is 57.3 Å².